The highest BCUT2D eigenvalue weighted by Crippen LogP contribution is 2.57. The van der Waals surface area contributed by atoms with Crippen molar-refractivity contribution in [2.24, 2.45) is 17.8 Å². The smallest absolute Gasteiger partial charge is 0.122 e. The lowest BCUT2D eigenvalue weighted by molar-refractivity contribution is -0.107. The number of hydrogen-bond acceptors (Lipinski definition) is 2. The lowest BCUT2D eigenvalue weighted by atomic mass is 9.54. The molecule has 0 unspecified atom stereocenters. The molecule has 1 aromatic carbocycles. The number of rotatable bonds is 2. The molecule has 2 nitrogen and oxygen atoms in total. The van der Waals surface area contributed by atoms with E-state index in [-0.39, 0.29) is 5.60 Å². The van der Waals surface area contributed by atoms with Crippen LogP contribution in [0.4, 0.5) is 0 Å². The Morgan fingerprint density at radius 2 is 1.59 bits per heavy atom. The van der Waals surface area contributed by atoms with Crippen LogP contribution >= 0.6 is 0 Å². The third kappa shape index (κ3) is 2.04. The number of nitrogens with zero attached hydrogens (tertiary/aromatic N) is 1. The van der Waals surface area contributed by atoms with Crippen molar-refractivity contribution in [3.63, 3.8) is 0 Å². The van der Waals surface area contributed by atoms with E-state index in [9.17, 15) is 0 Å². The van der Waals surface area contributed by atoms with E-state index >= 15 is 0 Å². The molecule has 1 heterocycles. The second-order valence-electron chi connectivity index (χ2n) is 8.01. The topological polar surface area (TPSA) is 22.1 Å². The Morgan fingerprint density at radius 3 is 2.27 bits per heavy atom. The van der Waals surface area contributed by atoms with Crippen LogP contribution in [0.15, 0.2) is 30.3 Å². The van der Waals surface area contributed by atoms with Gasteiger partial charge in [0.15, 0.2) is 0 Å². The first-order valence-corrected chi connectivity index (χ1v) is 8.74. The molecule has 1 aromatic heterocycles. The van der Waals surface area contributed by atoms with Gasteiger partial charge < -0.3 is 4.74 Å². The first-order valence-electron chi connectivity index (χ1n) is 8.74. The number of pyridine rings is 1. The maximum absolute atomic E-state index is 6.62. The summed E-state index contributed by atoms with van der Waals surface area (Å²) in [6.45, 7) is 2.05. The Balaban J connectivity index is 1.48. The number of aromatic nitrogens is 1. The van der Waals surface area contributed by atoms with Crippen LogP contribution in [0.5, 0.6) is 5.75 Å². The largest absolute Gasteiger partial charge is 0.487 e. The van der Waals surface area contributed by atoms with E-state index in [1.807, 2.05) is 6.92 Å². The summed E-state index contributed by atoms with van der Waals surface area (Å²) in [6, 6.07) is 10.6. The Hall–Kier alpha value is -1.57. The van der Waals surface area contributed by atoms with Crippen LogP contribution in [0, 0.1) is 24.7 Å². The van der Waals surface area contributed by atoms with Crippen molar-refractivity contribution >= 4 is 10.9 Å². The van der Waals surface area contributed by atoms with Crippen molar-refractivity contribution in [1.29, 1.82) is 0 Å². The quantitative estimate of drug-likeness (QED) is 0.786. The summed E-state index contributed by atoms with van der Waals surface area (Å²) in [6.07, 6.45) is 8.21. The molecule has 0 saturated heterocycles. The number of ether oxygens (including phenoxy) is 1. The Kier molecular flexibility index (Phi) is 2.62. The monoisotopic (exact) mass is 293 g/mol. The molecule has 4 aliphatic carbocycles. The Bertz CT molecular complexity index is 700. The Morgan fingerprint density at radius 1 is 0.955 bits per heavy atom. The van der Waals surface area contributed by atoms with Crippen molar-refractivity contribution in [2.45, 2.75) is 51.0 Å². The van der Waals surface area contributed by atoms with Crippen molar-refractivity contribution in [3.05, 3.63) is 36.0 Å². The summed E-state index contributed by atoms with van der Waals surface area (Å²) in [5.74, 6) is 3.79. The van der Waals surface area contributed by atoms with Gasteiger partial charge in [0.25, 0.3) is 0 Å². The molecule has 2 heteroatoms. The van der Waals surface area contributed by atoms with Crippen molar-refractivity contribution < 1.29 is 4.74 Å². The zero-order valence-corrected chi connectivity index (χ0v) is 13.2. The van der Waals surface area contributed by atoms with E-state index in [0.29, 0.717) is 0 Å². The minimum atomic E-state index is 0.131. The fraction of sp³-hybridized carbons (Fsp3) is 0.550. The summed E-state index contributed by atoms with van der Waals surface area (Å²) in [4.78, 5) is 4.65. The zero-order chi connectivity index (χ0) is 14.7. The first kappa shape index (κ1) is 12.9. The summed E-state index contributed by atoms with van der Waals surface area (Å²) >= 11 is 0. The molecule has 6 rings (SSSR count). The van der Waals surface area contributed by atoms with E-state index in [2.05, 4.69) is 35.3 Å². The third-order valence-electron chi connectivity index (χ3n) is 6.12. The van der Waals surface area contributed by atoms with Gasteiger partial charge in [-0.2, -0.15) is 0 Å². The first-order chi connectivity index (χ1) is 10.7. The van der Waals surface area contributed by atoms with Gasteiger partial charge in [-0.3, -0.25) is 4.98 Å². The molecule has 4 bridgehead atoms. The minimum absolute atomic E-state index is 0.131. The predicted molar refractivity (Wildman–Crippen MR) is 88.0 cm³/mol. The molecule has 0 spiro atoms. The molecule has 0 amide bonds. The molecule has 0 atom stereocenters. The number of benzene rings is 1. The number of aryl methyl sites for hydroxylation is 1. The van der Waals surface area contributed by atoms with Crippen LogP contribution in [0.1, 0.15) is 44.2 Å². The van der Waals surface area contributed by atoms with Gasteiger partial charge in [0, 0.05) is 17.1 Å². The van der Waals surface area contributed by atoms with Crippen LogP contribution in [-0.2, 0) is 0 Å². The average Bonchev–Trinajstić information content (AvgIpc) is 2.44. The summed E-state index contributed by atoms with van der Waals surface area (Å²) in [5.41, 5.74) is 2.26. The predicted octanol–water partition coefficient (Wildman–Crippen LogP) is 4.89. The van der Waals surface area contributed by atoms with Crippen molar-refractivity contribution in [2.75, 3.05) is 0 Å². The van der Waals surface area contributed by atoms with Crippen molar-refractivity contribution in [3.8, 4) is 5.75 Å². The summed E-state index contributed by atoms with van der Waals surface area (Å²) in [7, 11) is 0. The standard InChI is InChI=1S/C20H23NO/c1-13-2-3-17-4-5-18(9-19(17)21-13)22-20-10-14-6-15(11-20)8-16(7-14)12-20/h2-5,9,14-16H,6-8,10-12H2,1H3. The maximum atomic E-state index is 6.62. The van der Waals surface area contributed by atoms with Crippen LogP contribution in [0.2, 0.25) is 0 Å². The second kappa shape index (κ2) is 4.47. The fourth-order valence-corrected chi connectivity index (χ4v) is 5.67. The van der Waals surface area contributed by atoms with Gasteiger partial charge in [-0.25, -0.2) is 0 Å². The van der Waals surface area contributed by atoms with Gasteiger partial charge in [-0.15, -0.1) is 0 Å². The van der Waals surface area contributed by atoms with Gasteiger partial charge in [-0.1, -0.05) is 6.07 Å². The van der Waals surface area contributed by atoms with Gasteiger partial charge in [0.05, 0.1) is 5.52 Å². The van der Waals surface area contributed by atoms with Crippen LogP contribution in [0.3, 0.4) is 0 Å². The zero-order valence-electron chi connectivity index (χ0n) is 13.2. The van der Waals surface area contributed by atoms with E-state index in [0.717, 1.165) is 34.7 Å². The SMILES string of the molecule is Cc1ccc2ccc(OC34CC5CC(CC(C5)C3)C4)cc2n1. The van der Waals surface area contributed by atoms with E-state index in [4.69, 9.17) is 4.74 Å². The molecule has 0 radical (unpaired) electrons. The van der Waals surface area contributed by atoms with Crippen molar-refractivity contribution in [1.82, 2.24) is 4.98 Å². The molecule has 4 aliphatic rings. The highest BCUT2D eigenvalue weighted by molar-refractivity contribution is 5.80. The number of hydrogen-bond donors (Lipinski definition) is 0. The molecule has 22 heavy (non-hydrogen) atoms. The molecule has 2 aromatic rings. The van der Waals surface area contributed by atoms with Gasteiger partial charge in [0.1, 0.15) is 11.4 Å². The molecular formula is C20H23NO. The van der Waals surface area contributed by atoms with Crippen LogP contribution in [0.25, 0.3) is 10.9 Å². The molecule has 0 aliphatic heterocycles. The second-order valence-corrected chi connectivity index (χ2v) is 8.01. The summed E-state index contributed by atoms with van der Waals surface area (Å²) in [5, 5.41) is 1.20. The molecule has 114 valence electrons. The highest BCUT2D eigenvalue weighted by atomic mass is 16.5. The lowest BCUT2D eigenvalue weighted by Gasteiger charge is -2.56. The highest BCUT2D eigenvalue weighted by Gasteiger charge is 2.52. The normalized spacial score (nSPS) is 36.0. The third-order valence-corrected chi connectivity index (χ3v) is 6.12. The van der Waals surface area contributed by atoms with Gasteiger partial charge in [-0.05, 0) is 81.4 Å². The van der Waals surface area contributed by atoms with E-state index in [1.54, 1.807) is 0 Å². The van der Waals surface area contributed by atoms with Gasteiger partial charge in [0.2, 0.25) is 0 Å². The lowest BCUT2D eigenvalue weighted by Crippen LogP contribution is -2.53. The minimum Gasteiger partial charge on any atom is -0.487 e. The molecule has 4 saturated carbocycles. The van der Waals surface area contributed by atoms with Gasteiger partial charge >= 0.3 is 0 Å². The summed E-state index contributed by atoms with van der Waals surface area (Å²) < 4.78 is 6.62. The van der Waals surface area contributed by atoms with Crippen LogP contribution < -0.4 is 4.74 Å². The van der Waals surface area contributed by atoms with E-state index < -0.39 is 0 Å². The fourth-order valence-electron chi connectivity index (χ4n) is 5.67. The average molecular weight is 293 g/mol. The number of fused-ring (bicyclic) bond motifs is 1. The molecular weight excluding hydrogens is 270 g/mol. The Labute approximate surface area is 131 Å². The van der Waals surface area contributed by atoms with Crippen LogP contribution in [-0.4, -0.2) is 10.6 Å². The molecule has 4 fully saturated rings. The molecule has 0 N–H and O–H groups in total. The maximum Gasteiger partial charge on any atom is 0.122 e. The van der Waals surface area contributed by atoms with E-state index in [1.165, 1.54) is 43.9 Å².